The SMILES string of the molecule is CCOC(=O)c1ccc(N2C(=O)C[C@@H](NNC(=O)c3ccccc3C)C2=O)cc1. The van der Waals surface area contributed by atoms with Crippen LogP contribution >= 0.6 is 0 Å². The van der Waals surface area contributed by atoms with Crippen LogP contribution in [-0.4, -0.2) is 36.3 Å². The zero-order chi connectivity index (χ0) is 21.0. The smallest absolute Gasteiger partial charge is 0.338 e. The largest absolute Gasteiger partial charge is 0.462 e. The molecule has 0 unspecified atom stereocenters. The van der Waals surface area contributed by atoms with Crippen molar-refractivity contribution in [3.8, 4) is 0 Å². The molecule has 1 aliphatic heterocycles. The van der Waals surface area contributed by atoms with Gasteiger partial charge in [0.25, 0.3) is 11.8 Å². The van der Waals surface area contributed by atoms with Crippen molar-refractivity contribution in [1.29, 1.82) is 0 Å². The summed E-state index contributed by atoms with van der Waals surface area (Å²) in [6.45, 7) is 3.77. The fourth-order valence-electron chi connectivity index (χ4n) is 3.02. The molecule has 0 aromatic heterocycles. The molecule has 1 saturated heterocycles. The van der Waals surface area contributed by atoms with Crippen LogP contribution in [0.2, 0.25) is 0 Å². The molecule has 0 saturated carbocycles. The van der Waals surface area contributed by atoms with E-state index in [4.69, 9.17) is 4.74 Å². The second-order valence-corrected chi connectivity index (χ2v) is 6.50. The third-order valence-corrected chi connectivity index (χ3v) is 4.53. The monoisotopic (exact) mass is 395 g/mol. The molecule has 150 valence electrons. The molecule has 0 aliphatic carbocycles. The quantitative estimate of drug-likeness (QED) is 0.439. The maximum atomic E-state index is 12.7. The van der Waals surface area contributed by atoms with Crippen molar-refractivity contribution in [1.82, 2.24) is 10.9 Å². The Kier molecular flexibility index (Phi) is 6.04. The van der Waals surface area contributed by atoms with Gasteiger partial charge in [0.2, 0.25) is 5.91 Å². The number of carbonyl (C=O) groups is 4. The number of ether oxygens (including phenoxy) is 1. The number of rotatable bonds is 6. The molecule has 3 rings (SSSR count). The van der Waals surface area contributed by atoms with Gasteiger partial charge in [-0.2, -0.15) is 0 Å². The summed E-state index contributed by atoms with van der Waals surface area (Å²) in [5.74, 6) is -1.75. The van der Waals surface area contributed by atoms with E-state index >= 15 is 0 Å². The number of aryl methyl sites for hydroxylation is 1. The number of amides is 3. The van der Waals surface area contributed by atoms with Gasteiger partial charge in [0.1, 0.15) is 6.04 Å². The zero-order valence-corrected chi connectivity index (χ0v) is 16.1. The number of hydrogen-bond donors (Lipinski definition) is 2. The van der Waals surface area contributed by atoms with Crippen molar-refractivity contribution in [2.75, 3.05) is 11.5 Å². The summed E-state index contributed by atoms with van der Waals surface area (Å²) in [7, 11) is 0. The Morgan fingerprint density at radius 2 is 1.79 bits per heavy atom. The minimum Gasteiger partial charge on any atom is -0.462 e. The number of anilines is 1. The van der Waals surface area contributed by atoms with E-state index in [2.05, 4.69) is 10.9 Å². The van der Waals surface area contributed by atoms with Gasteiger partial charge in [0, 0.05) is 5.56 Å². The van der Waals surface area contributed by atoms with E-state index in [9.17, 15) is 19.2 Å². The van der Waals surface area contributed by atoms with Crippen LogP contribution in [0.15, 0.2) is 48.5 Å². The molecule has 0 spiro atoms. The van der Waals surface area contributed by atoms with Gasteiger partial charge in [-0.15, -0.1) is 0 Å². The molecule has 0 bridgehead atoms. The van der Waals surface area contributed by atoms with Gasteiger partial charge in [0.15, 0.2) is 0 Å². The highest BCUT2D eigenvalue weighted by Crippen LogP contribution is 2.23. The Morgan fingerprint density at radius 3 is 2.45 bits per heavy atom. The van der Waals surface area contributed by atoms with Crippen molar-refractivity contribution >= 4 is 29.4 Å². The van der Waals surface area contributed by atoms with Gasteiger partial charge in [-0.05, 0) is 49.7 Å². The lowest BCUT2D eigenvalue weighted by molar-refractivity contribution is -0.121. The van der Waals surface area contributed by atoms with E-state index in [0.717, 1.165) is 10.5 Å². The second-order valence-electron chi connectivity index (χ2n) is 6.50. The average molecular weight is 395 g/mol. The number of carbonyl (C=O) groups excluding carboxylic acids is 4. The van der Waals surface area contributed by atoms with Gasteiger partial charge in [-0.25, -0.2) is 15.1 Å². The first-order valence-electron chi connectivity index (χ1n) is 9.18. The molecular weight excluding hydrogens is 374 g/mol. The highest BCUT2D eigenvalue weighted by molar-refractivity contribution is 6.22. The number of hydrogen-bond acceptors (Lipinski definition) is 6. The lowest BCUT2D eigenvalue weighted by Gasteiger charge is -2.16. The summed E-state index contributed by atoms with van der Waals surface area (Å²) in [6.07, 6.45) is -0.0908. The summed E-state index contributed by atoms with van der Waals surface area (Å²) in [5.41, 5.74) is 7.09. The van der Waals surface area contributed by atoms with Crippen LogP contribution in [0.1, 0.15) is 39.6 Å². The van der Waals surface area contributed by atoms with Crippen molar-refractivity contribution in [3.63, 3.8) is 0 Å². The zero-order valence-electron chi connectivity index (χ0n) is 16.1. The summed E-state index contributed by atoms with van der Waals surface area (Å²) >= 11 is 0. The highest BCUT2D eigenvalue weighted by Gasteiger charge is 2.39. The average Bonchev–Trinajstić information content (AvgIpc) is 3.00. The highest BCUT2D eigenvalue weighted by atomic mass is 16.5. The van der Waals surface area contributed by atoms with E-state index in [1.165, 1.54) is 24.3 Å². The van der Waals surface area contributed by atoms with Crippen LogP contribution in [0, 0.1) is 6.92 Å². The maximum absolute atomic E-state index is 12.7. The van der Waals surface area contributed by atoms with Crippen molar-refractivity contribution in [2.45, 2.75) is 26.3 Å². The van der Waals surface area contributed by atoms with Gasteiger partial charge >= 0.3 is 5.97 Å². The van der Waals surface area contributed by atoms with Crippen LogP contribution in [0.5, 0.6) is 0 Å². The predicted molar refractivity (Wildman–Crippen MR) is 105 cm³/mol. The van der Waals surface area contributed by atoms with E-state index in [1.54, 1.807) is 32.0 Å². The van der Waals surface area contributed by atoms with Crippen LogP contribution in [0.4, 0.5) is 5.69 Å². The van der Waals surface area contributed by atoms with Crippen LogP contribution < -0.4 is 15.8 Å². The normalized spacial score (nSPS) is 16.1. The molecule has 8 nitrogen and oxygen atoms in total. The van der Waals surface area contributed by atoms with Crippen molar-refractivity contribution in [3.05, 3.63) is 65.2 Å². The number of hydrazine groups is 1. The molecule has 3 amide bonds. The van der Waals surface area contributed by atoms with E-state index < -0.39 is 23.8 Å². The number of esters is 1. The molecule has 2 N–H and O–H groups in total. The van der Waals surface area contributed by atoms with Gasteiger partial charge in [-0.1, -0.05) is 18.2 Å². The summed E-state index contributed by atoms with van der Waals surface area (Å²) in [4.78, 5) is 50.1. The molecule has 29 heavy (non-hydrogen) atoms. The van der Waals surface area contributed by atoms with Crippen molar-refractivity contribution in [2.24, 2.45) is 0 Å². The number of imide groups is 1. The first-order valence-corrected chi connectivity index (χ1v) is 9.18. The Labute approximate surface area is 167 Å². The molecule has 1 fully saturated rings. The standard InChI is InChI=1S/C21H21N3O5/c1-3-29-21(28)14-8-10-15(11-9-14)24-18(25)12-17(20(24)27)22-23-19(26)16-7-5-4-6-13(16)2/h4-11,17,22H,3,12H2,1-2H3,(H,23,26)/t17-/m1/s1. The third kappa shape index (κ3) is 4.33. The van der Waals surface area contributed by atoms with Gasteiger partial charge in [-0.3, -0.25) is 19.8 Å². The van der Waals surface area contributed by atoms with Crippen LogP contribution in [-0.2, 0) is 14.3 Å². The molecule has 1 aliphatic rings. The minimum atomic E-state index is -0.875. The first kappa shape index (κ1) is 20.2. The molecule has 2 aromatic rings. The molecule has 0 radical (unpaired) electrons. The lowest BCUT2D eigenvalue weighted by atomic mass is 10.1. The van der Waals surface area contributed by atoms with Gasteiger partial charge < -0.3 is 4.74 Å². The summed E-state index contributed by atoms with van der Waals surface area (Å²) < 4.78 is 4.92. The first-order chi connectivity index (χ1) is 13.9. The van der Waals surface area contributed by atoms with E-state index in [-0.39, 0.29) is 18.9 Å². The molecule has 1 atom stereocenters. The van der Waals surface area contributed by atoms with Crippen LogP contribution in [0.3, 0.4) is 0 Å². The fraction of sp³-hybridized carbons (Fsp3) is 0.238. The number of nitrogens with zero attached hydrogens (tertiary/aromatic N) is 1. The Morgan fingerprint density at radius 1 is 1.10 bits per heavy atom. The fourth-order valence-corrected chi connectivity index (χ4v) is 3.02. The van der Waals surface area contributed by atoms with E-state index in [0.29, 0.717) is 16.8 Å². The number of nitrogens with one attached hydrogen (secondary N) is 2. The Hall–Kier alpha value is -3.52. The number of benzene rings is 2. The molecule has 2 aromatic carbocycles. The summed E-state index contributed by atoms with van der Waals surface area (Å²) in [6, 6.07) is 12.2. The molecule has 8 heteroatoms. The lowest BCUT2D eigenvalue weighted by Crippen LogP contribution is -2.48. The minimum absolute atomic E-state index is 0.0908. The van der Waals surface area contributed by atoms with Crippen molar-refractivity contribution < 1.29 is 23.9 Å². The molecule has 1 heterocycles. The second kappa shape index (κ2) is 8.66. The van der Waals surface area contributed by atoms with E-state index in [1.807, 2.05) is 6.07 Å². The summed E-state index contributed by atoms with van der Waals surface area (Å²) in [5, 5.41) is 0. The predicted octanol–water partition coefficient (Wildman–Crippen LogP) is 1.74. The van der Waals surface area contributed by atoms with Gasteiger partial charge in [0.05, 0.1) is 24.3 Å². The van der Waals surface area contributed by atoms with Crippen LogP contribution in [0.25, 0.3) is 0 Å². The third-order valence-electron chi connectivity index (χ3n) is 4.53. The Bertz CT molecular complexity index is 955. The molecular formula is C21H21N3O5. The topological polar surface area (TPSA) is 105 Å². The Balaban J connectivity index is 1.66. The maximum Gasteiger partial charge on any atom is 0.338 e.